The normalized spacial score (nSPS) is 11.5. The van der Waals surface area contributed by atoms with Crippen LogP contribution in [-0.2, 0) is 9.53 Å². The number of ether oxygens (including phenoxy) is 1. The largest absolute Gasteiger partial charge is 0.463 e. The predicted octanol–water partition coefficient (Wildman–Crippen LogP) is 7.70. The molecule has 0 heterocycles. The third-order valence-electron chi connectivity index (χ3n) is 5.23. The minimum Gasteiger partial charge on any atom is -0.463 e. The van der Waals surface area contributed by atoms with E-state index in [0.29, 0.717) is 6.61 Å². The van der Waals surface area contributed by atoms with E-state index in [-0.39, 0.29) is 19.9 Å². The second-order valence-corrected chi connectivity index (χ2v) is 12.3. The first-order chi connectivity index (χ1) is 13.7. The van der Waals surface area contributed by atoms with Crippen molar-refractivity contribution >= 4 is 38.7 Å². The van der Waals surface area contributed by atoms with Gasteiger partial charge in [-0.25, -0.2) is 4.79 Å². The third kappa shape index (κ3) is 24.0. The molecule has 28 heavy (non-hydrogen) atoms. The zero-order chi connectivity index (χ0) is 20.7. The number of alkyl halides is 2. The zero-order valence-electron chi connectivity index (χ0n) is 18.1. The van der Waals surface area contributed by atoms with Crippen LogP contribution < -0.4 is 0 Å². The number of carbonyl (C=O) groups excluding carboxylic acids is 1. The number of carbonyl (C=O) groups is 1. The van der Waals surface area contributed by atoms with E-state index in [4.69, 9.17) is 27.9 Å². The Hall–Kier alpha value is 0.00688. The fourth-order valence-electron chi connectivity index (χ4n) is 3.46. The smallest absolute Gasteiger partial charge is 0.330 e. The molecule has 0 aromatic carbocycles. The van der Waals surface area contributed by atoms with Crippen LogP contribution in [0.4, 0.5) is 0 Å². The van der Waals surface area contributed by atoms with Gasteiger partial charge in [-0.05, 0) is 6.42 Å². The average Bonchev–Trinajstić information content (AvgIpc) is 2.68. The van der Waals surface area contributed by atoms with Gasteiger partial charge in [-0.2, -0.15) is 0 Å². The van der Waals surface area contributed by atoms with Crippen molar-refractivity contribution in [1.82, 2.24) is 0 Å². The highest BCUT2D eigenvalue weighted by atomic mass is 35.5. The molecule has 0 rings (SSSR count). The molecule has 0 aromatic heterocycles. The van der Waals surface area contributed by atoms with E-state index in [0.717, 1.165) is 12.8 Å². The predicted molar refractivity (Wildman–Crippen MR) is 128 cm³/mol. The van der Waals surface area contributed by atoms with E-state index >= 15 is 0 Å². The molecule has 0 N–H and O–H groups in total. The second-order valence-electron chi connectivity index (χ2n) is 7.92. The molecule has 0 saturated carbocycles. The number of rotatable bonds is 22. The Morgan fingerprint density at radius 2 is 1.07 bits per heavy atom. The molecule has 0 amide bonds. The summed E-state index contributed by atoms with van der Waals surface area (Å²) in [6.45, 7) is 3.93. The SMILES string of the molecule is C=CC(=O)OCCCCCCCCCCCCCCCCCCC[SiH2]C(Cl)Cl. The van der Waals surface area contributed by atoms with Gasteiger partial charge in [0.1, 0.15) is 0 Å². The van der Waals surface area contributed by atoms with Crippen molar-refractivity contribution in [2.24, 2.45) is 0 Å². The van der Waals surface area contributed by atoms with Gasteiger partial charge in [0.05, 0.1) is 20.6 Å². The average molecular weight is 452 g/mol. The van der Waals surface area contributed by atoms with Crippen LogP contribution >= 0.6 is 23.2 Å². The Morgan fingerprint density at radius 3 is 1.43 bits per heavy atom. The maximum atomic E-state index is 10.9. The van der Waals surface area contributed by atoms with Crippen LogP contribution in [0.5, 0.6) is 0 Å². The maximum Gasteiger partial charge on any atom is 0.330 e. The molecule has 0 aromatic rings. The molecule has 0 fully saturated rings. The number of hydrogen-bond acceptors (Lipinski definition) is 2. The molecule has 0 aliphatic carbocycles. The first-order valence-electron chi connectivity index (χ1n) is 11.7. The molecule has 0 saturated heterocycles. The Labute approximate surface area is 187 Å². The maximum absolute atomic E-state index is 10.9. The summed E-state index contributed by atoms with van der Waals surface area (Å²) in [5.41, 5.74) is 0. The first-order valence-corrected chi connectivity index (χ1v) is 14.4. The minimum atomic E-state index is -0.305. The van der Waals surface area contributed by atoms with Crippen molar-refractivity contribution in [1.29, 1.82) is 0 Å². The molecule has 0 radical (unpaired) electrons. The minimum absolute atomic E-state index is 0.0352. The van der Waals surface area contributed by atoms with Gasteiger partial charge in [-0.3, -0.25) is 0 Å². The van der Waals surface area contributed by atoms with E-state index in [9.17, 15) is 4.79 Å². The van der Waals surface area contributed by atoms with Crippen LogP contribution in [0.1, 0.15) is 109 Å². The van der Waals surface area contributed by atoms with Gasteiger partial charge >= 0.3 is 5.97 Å². The summed E-state index contributed by atoms with van der Waals surface area (Å²) in [6.07, 6.45) is 24.1. The summed E-state index contributed by atoms with van der Waals surface area (Å²) in [4.78, 5) is 10.9. The fourth-order valence-corrected chi connectivity index (χ4v) is 5.34. The lowest BCUT2D eigenvalue weighted by atomic mass is 10.0. The molecule has 0 bridgehead atoms. The van der Waals surface area contributed by atoms with Gasteiger partial charge in [0.25, 0.3) is 0 Å². The van der Waals surface area contributed by atoms with Crippen molar-refractivity contribution in [3.05, 3.63) is 12.7 Å². The Kier molecular flexibility index (Phi) is 23.3. The zero-order valence-corrected chi connectivity index (χ0v) is 21.0. The summed E-state index contributed by atoms with van der Waals surface area (Å²) in [5.74, 6) is -0.305. The topological polar surface area (TPSA) is 26.3 Å². The number of hydrogen-bond donors (Lipinski definition) is 0. The van der Waals surface area contributed by atoms with E-state index in [1.807, 2.05) is 0 Å². The standard InChI is InChI=1S/C23H44Cl2O2Si/c1-2-22(26)27-20-18-16-14-12-10-8-6-4-3-5-7-9-11-13-15-17-19-21-28-23(24)25/h2,23H,1,3-21,28H2. The van der Waals surface area contributed by atoms with Crippen molar-refractivity contribution in [2.45, 2.75) is 120 Å². The Bertz CT molecular complexity index is 351. The Balaban J connectivity index is 3.03. The summed E-state index contributed by atoms with van der Waals surface area (Å²) >= 11 is 11.6. The van der Waals surface area contributed by atoms with Crippen LogP contribution in [0.15, 0.2) is 12.7 Å². The van der Waals surface area contributed by atoms with E-state index < -0.39 is 0 Å². The molecule has 0 aliphatic rings. The highest BCUT2D eigenvalue weighted by molar-refractivity contribution is 6.68. The highest BCUT2D eigenvalue weighted by Crippen LogP contribution is 2.14. The molecule has 0 spiro atoms. The number of esters is 1. The van der Waals surface area contributed by atoms with E-state index in [1.54, 1.807) is 0 Å². The van der Waals surface area contributed by atoms with Gasteiger partial charge in [-0.1, -0.05) is 115 Å². The van der Waals surface area contributed by atoms with Crippen LogP contribution in [0.25, 0.3) is 0 Å². The lowest BCUT2D eigenvalue weighted by molar-refractivity contribution is -0.137. The van der Waals surface area contributed by atoms with Crippen LogP contribution in [-0.4, -0.2) is 26.6 Å². The molecule has 166 valence electrons. The van der Waals surface area contributed by atoms with Crippen LogP contribution in [0.3, 0.4) is 0 Å². The third-order valence-corrected chi connectivity index (χ3v) is 7.88. The van der Waals surface area contributed by atoms with Crippen molar-refractivity contribution in [3.8, 4) is 0 Å². The lowest BCUT2D eigenvalue weighted by Crippen LogP contribution is -2.01. The highest BCUT2D eigenvalue weighted by Gasteiger charge is 1.99. The molecule has 0 unspecified atom stereocenters. The van der Waals surface area contributed by atoms with Gasteiger partial charge in [0.2, 0.25) is 0 Å². The fraction of sp³-hybridized carbons (Fsp3) is 0.870. The number of halogens is 2. The Morgan fingerprint density at radius 1 is 0.714 bits per heavy atom. The quantitative estimate of drug-likeness (QED) is 0.0554. The number of unbranched alkanes of at least 4 members (excludes halogenated alkanes) is 16. The lowest BCUT2D eigenvalue weighted by Gasteiger charge is -2.04. The van der Waals surface area contributed by atoms with E-state index in [1.165, 1.54) is 108 Å². The summed E-state index contributed by atoms with van der Waals surface area (Å²) < 4.78 is 4.93. The summed E-state index contributed by atoms with van der Waals surface area (Å²) in [5, 5.41) is 0. The molecule has 2 nitrogen and oxygen atoms in total. The summed E-state index contributed by atoms with van der Waals surface area (Å²) in [6, 6.07) is 1.31. The van der Waals surface area contributed by atoms with Gasteiger partial charge in [-0.15, -0.1) is 23.2 Å². The van der Waals surface area contributed by atoms with Crippen LogP contribution in [0.2, 0.25) is 6.04 Å². The molecule has 5 heteroatoms. The van der Waals surface area contributed by atoms with Crippen molar-refractivity contribution in [2.75, 3.05) is 6.61 Å². The van der Waals surface area contributed by atoms with Crippen molar-refractivity contribution < 1.29 is 9.53 Å². The summed E-state index contributed by atoms with van der Waals surface area (Å²) in [7, 11) is -0.212. The molecular weight excluding hydrogens is 407 g/mol. The second kappa shape index (κ2) is 23.3. The molecule has 0 atom stereocenters. The van der Waals surface area contributed by atoms with Crippen molar-refractivity contribution in [3.63, 3.8) is 0 Å². The molecular formula is C23H44Cl2O2Si. The van der Waals surface area contributed by atoms with Gasteiger partial charge < -0.3 is 4.74 Å². The molecule has 0 aliphatic heterocycles. The first kappa shape index (κ1) is 28.0. The van der Waals surface area contributed by atoms with Gasteiger partial charge in [0.15, 0.2) is 0 Å². The van der Waals surface area contributed by atoms with Crippen LogP contribution in [0, 0.1) is 0 Å². The van der Waals surface area contributed by atoms with Gasteiger partial charge in [0, 0.05) is 6.08 Å². The van der Waals surface area contributed by atoms with E-state index in [2.05, 4.69) is 6.58 Å². The monoisotopic (exact) mass is 450 g/mol.